The standard InChI is InChI=1S/C12H12N2O3/c1-8-5-11(17-14-8)7-13-12(16)9-3-2-4-10(15)6-9/h2-6,15H,7H2,1H3,(H,13,16). The summed E-state index contributed by atoms with van der Waals surface area (Å²) in [5.74, 6) is 0.388. The van der Waals surface area contributed by atoms with Gasteiger partial charge in [-0.25, -0.2) is 0 Å². The molecule has 1 heterocycles. The van der Waals surface area contributed by atoms with E-state index in [1.54, 1.807) is 18.2 Å². The zero-order valence-electron chi connectivity index (χ0n) is 9.30. The van der Waals surface area contributed by atoms with Gasteiger partial charge in [0.1, 0.15) is 5.75 Å². The van der Waals surface area contributed by atoms with Crippen LogP contribution in [-0.4, -0.2) is 16.2 Å². The molecule has 0 atom stereocenters. The van der Waals surface area contributed by atoms with Gasteiger partial charge in [-0.05, 0) is 25.1 Å². The second-order valence-electron chi connectivity index (χ2n) is 3.67. The second kappa shape index (κ2) is 4.69. The predicted octanol–water partition coefficient (Wildman–Crippen LogP) is 1.62. The first-order valence-electron chi connectivity index (χ1n) is 5.14. The first-order chi connectivity index (χ1) is 8.15. The minimum atomic E-state index is -0.269. The van der Waals surface area contributed by atoms with E-state index in [0.29, 0.717) is 11.3 Å². The minimum absolute atomic E-state index is 0.0631. The maximum atomic E-state index is 11.7. The Kier molecular flexibility index (Phi) is 3.09. The van der Waals surface area contributed by atoms with Crippen molar-refractivity contribution in [1.82, 2.24) is 10.5 Å². The Hall–Kier alpha value is -2.30. The zero-order valence-corrected chi connectivity index (χ0v) is 9.30. The number of nitrogens with zero attached hydrogens (tertiary/aromatic N) is 1. The van der Waals surface area contributed by atoms with Gasteiger partial charge >= 0.3 is 0 Å². The number of amides is 1. The lowest BCUT2D eigenvalue weighted by atomic mass is 10.2. The first-order valence-corrected chi connectivity index (χ1v) is 5.14. The van der Waals surface area contributed by atoms with Gasteiger partial charge < -0.3 is 14.9 Å². The maximum Gasteiger partial charge on any atom is 0.251 e. The van der Waals surface area contributed by atoms with E-state index in [4.69, 9.17) is 4.52 Å². The average molecular weight is 232 g/mol. The Morgan fingerprint density at radius 3 is 2.94 bits per heavy atom. The van der Waals surface area contributed by atoms with Gasteiger partial charge in [0.2, 0.25) is 0 Å². The lowest BCUT2D eigenvalue weighted by Gasteiger charge is -2.02. The van der Waals surface area contributed by atoms with E-state index in [2.05, 4.69) is 10.5 Å². The Balaban J connectivity index is 1.98. The molecule has 1 aromatic carbocycles. The lowest BCUT2D eigenvalue weighted by molar-refractivity contribution is 0.0946. The summed E-state index contributed by atoms with van der Waals surface area (Å²) in [5, 5.41) is 15.6. The molecule has 0 spiro atoms. The van der Waals surface area contributed by atoms with E-state index in [1.165, 1.54) is 12.1 Å². The molecule has 0 bridgehead atoms. The van der Waals surface area contributed by atoms with Crippen molar-refractivity contribution in [3.63, 3.8) is 0 Å². The van der Waals surface area contributed by atoms with Crippen molar-refractivity contribution in [3.8, 4) is 5.75 Å². The number of phenols is 1. The van der Waals surface area contributed by atoms with Crippen molar-refractivity contribution in [1.29, 1.82) is 0 Å². The Morgan fingerprint density at radius 1 is 1.47 bits per heavy atom. The number of rotatable bonds is 3. The van der Waals surface area contributed by atoms with Crippen molar-refractivity contribution in [3.05, 3.63) is 47.3 Å². The molecule has 1 amide bonds. The molecule has 5 heteroatoms. The molecule has 0 aliphatic rings. The molecule has 17 heavy (non-hydrogen) atoms. The predicted molar refractivity (Wildman–Crippen MR) is 60.5 cm³/mol. The first kappa shape index (κ1) is 11.2. The van der Waals surface area contributed by atoms with Gasteiger partial charge in [0.15, 0.2) is 5.76 Å². The largest absolute Gasteiger partial charge is 0.508 e. The van der Waals surface area contributed by atoms with Crippen LogP contribution < -0.4 is 5.32 Å². The quantitative estimate of drug-likeness (QED) is 0.843. The van der Waals surface area contributed by atoms with Crippen molar-refractivity contribution in [2.24, 2.45) is 0 Å². The zero-order chi connectivity index (χ0) is 12.3. The van der Waals surface area contributed by atoms with Gasteiger partial charge in [0, 0.05) is 11.6 Å². The molecule has 0 radical (unpaired) electrons. The number of nitrogens with one attached hydrogen (secondary N) is 1. The molecule has 0 saturated heterocycles. The van der Waals surface area contributed by atoms with Crippen LogP contribution in [0.1, 0.15) is 21.8 Å². The third kappa shape index (κ3) is 2.84. The molecule has 0 saturated carbocycles. The molecule has 2 rings (SSSR count). The van der Waals surface area contributed by atoms with Gasteiger partial charge in [-0.15, -0.1) is 0 Å². The van der Waals surface area contributed by atoms with Gasteiger partial charge in [-0.3, -0.25) is 4.79 Å². The van der Waals surface area contributed by atoms with Crippen molar-refractivity contribution in [2.45, 2.75) is 13.5 Å². The van der Waals surface area contributed by atoms with Gasteiger partial charge in [-0.2, -0.15) is 0 Å². The molecule has 1 aromatic heterocycles. The average Bonchev–Trinajstić information content (AvgIpc) is 2.72. The summed E-state index contributed by atoms with van der Waals surface area (Å²) in [6, 6.07) is 7.91. The van der Waals surface area contributed by atoms with Crippen LogP contribution in [0.3, 0.4) is 0 Å². The van der Waals surface area contributed by atoms with Gasteiger partial charge in [0.05, 0.1) is 12.2 Å². The van der Waals surface area contributed by atoms with Crippen LogP contribution in [0.5, 0.6) is 5.75 Å². The molecule has 0 unspecified atom stereocenters. The van der Waals surface area contributed by atoms with Crippen LogP contribution in [0.25, 0.3) is 0 Å². The number of phenolic OH excluding ortho intramolecular Hbond substituents is 1. The number of aromatic hydroxyl groups is 1. The molecular formula is C12H12N2O3. The number of aromatic nitrogens is 1. The van der Waals surface area contributed by atoms with Crippen LogP contribution in [0.15, 0.2) is 34.9 Å². The summed E-state index contributed by atoms with van der Waals surface area (Å²) in [7, 11) is 0. The third-order valence-electron chi connectivity index (χ3n) is 2.21. The van der Waals surface area contributed by atoms with Crippen LogP contribution in [0.2, 0.25) is 0 Å². The summed E-state index contributed by atoms with van der Waals surface area (Å²) in [6.07, 6.45) is 0. The van der Waals surface area contributed by atoms with E-state index >= 15 is 0 Å². The van der Waals surface area contributed by atoms with E-state index in [0.717, 1.165) is 5.69 Å². The van der Waals surface area contributed by atoms with Crippen LogP contribution in [-0.2, 0) is 6.54 Å². The number of hydrogen-bond donors (Lipinski definition) is 2. The summed E-state index contributed by atoms with van der Waals surface area (Å²) < 4.78 is 4.96. The van der Waals surface area contributed by atoms with E-state index in [1.807, 2.05) is 6.92 Å². The van der Waals surface area contributed by atoms with Crippen LogP contribution in [0.4, 0.5) is 0 Å². The Labute approximate surface area is 98.1 Å². The van der Waals surface area contributed by atoms with Crippen molar-refractivity contribution < 1.29 is 14.4 Å². The summed E-state index contributed by atoms with van der Waals surface area (Å²) in [5.41, 5.74) is 1.17. The highest BCUT2D eigenvalue weighted by Crippen LogP contribution is 2.11. The number of carbonyl (C=O) groups is 1. The Morgan fingerprint density at radius 2 is 2.29 bits per heavy atom. The summed E-state index contributed by atoms with van der Waals surface area (Å²) in [4.78, 5) is 11.7. The smallest absolute Gasteiger partial charge is 0.251 e. The highest BCUT2D eigenvalue weighted by molar-refractivity contribution is 5.94. The third-order valence-corrected chi connectivity index (χ3v) is 2.21. The number of benzene rings is 1. The topological polar surface area (TPSA) is 75.4 Å². The maximum absolute atomic E-state index is 11.7. The monoisotopic (exact) mass is 232 g/mol. The fourth-order valence-electron chi connectivity index (χ4n) is 1.42. The summed E-state index contributed by atoms with van der Waals surface area (Å²) in [6.45, 7) is 2.08. The normalized spacial score (nSPS) is 10.2. The molecule has 88 valence electrons. The molecule has 5 nitrogen and oxygen atoms in total. The molecule has 0 fully saturated rings. The molecule has 2 N–H and O–H groups in total. The molecule has 2 aromatic rings. The molecule has 0 aliphatic heterocycles. The molecular weight excluding hydrogens is 220 g/mol. The SMILES string of the molecule is Cc1cc(CNC(=O)c2cccc(O)c2)on1. The minimum Gasteiger partial charge on any atom is -0.508 e. The highest BCUT2D eigenvalue weighted by atomic mass is 16.5. The number of aryl methyl sites for hydroxylation is 1. The van der Waals surface area contributed by atoms with Crippen molar-refractivity contribution >= 4 is 5.91 Å². The van der Waals surface area contributed by atoms with Gasteiger partial charge in [0.25, 0.3) is 5.91 Å². The number of carbonyl (C=O) groups excluding carboxylic acids is 1. The highest BCUT2D eigenvalue weighted by Gasteiger charge is 2.07. The van der Waals surface area contributed by atoms with E-state index in [-0.39, 0.29) is 18.2 Å². The van der Waals surface area contributed by atoms with E-state index in [9.17, 15) is 9.90 Å². The Bertz CT molecular complexity index is 534. The van der Waals surface area contributed by atoms with Crippen LogP contribution in [0, 0.1) is 6.92 Å². The number of hydrogen-bond acceptors (Lipinski definition) is 4. The van der Waals surface area contributed by atoms with Crippen LogP contribution >= 0.6 is 0 Å². The van der Waals surface area contributed by atoms with Crippen molar-refractivity contribution in [2.75, 3.05) is 0 Å². The van der Waals surface area contributed by atoms with E-state index < -0.39 is 0 Å². The fourth-order valence-corrected chi connectivity index (χ4v) is 1.42. The van der Waals surface area contributed by atoms with Gasteiger partial charge in [-0.1, -0.05) is 11.2 Å². The fraction of sp³-hybridized carbons (Fsp3) is 0.167. The second-order valence-corrected chi connectivity index (χ2v) is 3.67. The lowest BCUT2D eigenvalue weighted by Crippen LogP contribution is -2.22. The summed E-state index contributed by atoms with van der Waals surface area (Å²) >= 11 is 0. The molecule has 0 aliphatic carbocycles.